The van der Waals surface area contributed by atoms with Crippen molar-refractivity contribution in [3.8, 4) is 5.75 Å². The van der Waals surface area contributed by atoms with Gasteiger partial charge in [-0.15, -0.1) is 0 Å². The van der Waals surface area contributed by atoms with Gasteiger partial charge in [0.25, 0.3) is 0 Å². The highest BCUT2D eigenvalue weighted by molar-refractivity contribution is 6.42. The molecule has 0 aliphatic carbocycles. The van der Waals surface area contributed by atoms with Crippen LogP contribution >= 0.6 is 23.2 Å². The van der Waals surface area contributed by atoms with Gasteiger partial charge in [-0.1, -0.05) is 53.5 Å². The maximum atomic E-state index is 12.5. The minimum absolute atomic E-state index is 0.108. The topological polar surface area (TPSA) is 42.0 Å². The van der Waals surface area contributed by atoms with Crippen molar-refractivity contribution >= 4 is 29.2 Å². The van der Waals surface area contributed by atoms with Gasteiger partial charge in [0.2, 0.25) is 0 Å². The van der Waals surface area contributed by atoms with Crippen LogP contribution in [0, 0.1) is 5.92 Å². The van der Waals surface area contributed by atoms with Crippen molar-refractivity contribution in [3.05, 3.63) is 64.1 Å². The average molecular weight is 520 g/mol. The predicted molar refractivity (Wildman–Crippen MR) is 141 cm³/mol. The Labute approximate surface area is 219 Å². The lowest BCUT2D eigenvalue weighted by molar-refractivity contribution is -0.148. The van der Waals surface area contributed by atoms with E-state index in [0.29, 0.717) is 16.0 Å². The number of methoxy groups -OCH3 is 1. The van der Waals surface area contributed by atoms with Crippen molar-refractivity contribution in [2.75, 3.05) is 39.8 Å². The molecule has 0 amide bonds. The molecule has 0 saturated carbocycles. The Balaban J connectivity index is 1.20. The number of carbonyl (C=O) groups is 1. The predicted octanol–water partition coefficient (Wildman–Crippen LogP) is 5.72. The number of piperidine rings is 2. The molecule has 0 radical (unpaired) electrons. The number of aryl methyl sites for hydroxylation is 1. The number of rotatable bonds is 9. The van der Waals surface area contributed by atoms with Gasteiger partial charge in [-0.25, -0.2) is 0 Å². The fraction of sp³-hybridized carbons (Fsp3) is 0.536. The summed E-state index contributed by atoms with van der Waals surface area (Å²) in [4.78, 5) is 17.4. The summed E-state index contributed by atoms with van der Waals surface area (Å²) in [5.41, 5.74) is 1.27. The van der Waals surface area contributed by atoms with E-state index in [0.717, 1.165) is 77.0 Å². The normalized spacial score (nSPS) is 19.4. The molecular weight excluding hydrogens is 483 g/mol. The molecule has 2 aromatic carbocycles. The van der Waals surface area contributed by atoms with Gasteiger partial charge in [-0.2, -0.15) is 0 Å². The molecule has 2 aliphatic rings. The zero-order valence-electron chi connectivity index (χ0n) is 20.5. The Morgan fingerprint density at radius 1 is 0.971 bits per heavy atom. The molecule has 0 N–H and O–H groups in total. The highest BCUT2D eigenvalue weighted by Gasteiger charge is 2.31. The molecule has 4 rings (SSSR count). The Morgan fingerprint density at radius 2 is 1.69 bits per heavy atom. The van der Waals surface area contributed by atoms with Gasteiger partial charge in [-0.05, 0) is 75.2 Å². The summed E-state index contributed by atoms with van der Waals surface area (Å²) in [6.07, 6.45) is 6.19. The number of nitrogens with zero attached hydrogens (tertiary/aromatic N) is 2. The summed E-state index contributed by atoms with van der Waals surface area (Å²) in [5, 5.41) is 1.08. The van der Waals surface area contributed by atoms with E-state index in [2.05, 4.69) is 34.1 Å². The number of hydrogen-bond acceptors (Lipinski definition) is 5. The third kappa shape index (κ3) is 7.60. The lowest BCUT2D eigenvalue weighted by atomic mass is 9.93. The van der Waals surface area contributed by atoms with Gasteiger partial charge in [0.1, 0.15) is 17.9 Å². The van der Waals surface area contributed by atoms with E-state index in [1.807, 2.05) is 12.1 Å². The van der Waals surface area contributed by atoms with Crippen LogP contribution in [0.25, 0.3) is 0 Å². The minimum atomic E-state index is -0.157. The lowest BCUT2D eigenvalue weighted by Crippen LogP contribution is -2.48. The first kappa shape index (κ1) is 26.3. The second-order valence-electron chi connectivity index (χ2n) is 9.74. The molecule has 0 unspecified atom stereocenters. The molecule has 7 heteroatoms. The molecule has 0 spiro atoms. The summed E-state index contributed by atoms with van der Waals surface area (Å²) in [6, 6.07) is 15.7. The molecule has 0 aromatic heterocycles. The van der Waals surface area contributed by atoms with Gasteiger partial charge in [-0.3, -0.25) is 9.69 Å². The highest BCUT2D eigenvalue weighted by Crippen LogP contribution is 2.29. The first-order chi connectivity index (χ1) is 17.0. The molecule has 2 aromatic rings. The molecular formula is C28H36Cl2N2O3. The van der Waals surface area contributed by atoms with Crippen molar-refractivity contribution in [3.63, 3.8) is 0 Å². The van der Waals surface area contributed by atoms with E-state index < -0.39 is 0 Å². The van der Waals surface area contributed by atoms with E-state index in [1.165, 1.54) is 12.7 Å². The van der Waals surface area contributed by atoms with Crippen LogP contribution in [0.5, 0.6) is 5.75 Å². The van der Waals surface area contributed by atoms with E-state index in [-0.39, 0.29) is 18.1 Å². The van der Waals surface area contributed by atoms with Crippen LogP contribution in [0.4, 0.5) is 0 Å². The first-order valence-corrected chi connectivity index (χ1v) is 13.5. The quantitative estimate of drug-likeness (QED) is 0.397. The van der Waals surface area contributed by atoms with Crippen LogP contribution in [0.2, 0.25) is 10.0 Å². The van der Waals surface area contributed by atoms with Gasteiger partial charge in [0.05, 0.1) is 17.2 Å². The summed E-state index contributed by atoms with van der Waals surface area (Å²) in [6.45, 7) is 5.13. The Kier molecular flexibility index (Phi) is 9.73. The second kappa shape index (κ2) is 13.0. The van der Waals surface area contributed by atoms with E-state index in [1.54, 1.807) is 12.1 Å². The minimum Gasteiger partial charge on any atom is -0.490 e. The number of hydrogen-bond donors (Lipinski definition) is 0. The van der Waals surface area contributed by atoms with Crippen LogP contribution in [-0.4, -0.2) is 67.7 Å². The van der Waals surface area contributed by atoms with Crippen LogP contribution < -0.4 is 4.74 Å². The standard InChI is InChI=1S/C28H36Cl2N2O3/c1-34-28(33)27(10-7-21-5-3-2-4-6-21)32-17-11-22(12-18-32)20-31-15-13-23(14-16-31)35-24-8-9-25(29)26(30)19-24/h2-6,8-9,19,22-23,27H,7,10-18,20H2,1H3/t27-/m0/s1. The summed E-state index contributed by atoms with van der Waals surface area (Å²) in [7, 11) is 1.50. The van der Waals surface area contributed by atoms with Gasteiger partial charge in [0, 0.05) is 25.7 Å². The van der Waals surface area contributed by atoms with Crippen molar-refractivity contribution < 1.29 is 14.3 Å². The highest BCUT2D eigenvalue weighted by atomic mass is 35.5. The molecule has 2 heterocycles. The number of ether oxygens (including phenoxy) is 2. The molecule has 5 nitrogen and oxygen atoms in total. The van der Waals surface area contributed by atoms with Crippen LogP contribution in [0.3, 0.4) is 0 Å². The lowest BCUT2D eigenvalue weighted by Gasteiger charge is -2.39. The van der Waals surface area contributed by atoms with E-state index >= 15 is 0 Å². The van der Waals surface area contributed by atoms with Crippen molar-refractivity contribution in [1.29, 1.82) is 0 Å². The van der Waals surface area contributed by atoms with Crippen LogP contribution in [0.15, 0.2) is 48.5 Å². The van der Waals surface area contributed by atoms with E-state index in [9.17, 15) is 4.79 Å². The number of halogens is 2. The maximum absolute atomic E-state index is 12.5. The second-order valence-corrected chi connectivity index (χ2v) is 10.6. The van der Waals surface area contributed by atoms with Gasteiger partial charge in [0.15, 0.2) is 0 Å². The summed E-state index contributed by atoms with van der Waals surface area (Å²) >= 11 is 12.1. The number of likely N-dealkylation sites (tertiary alicyclic amines) is 2. The average Bonchev–Trinajstić information content (AvgIpc) is 2.89. The van der Waals surface area contributed by atoms with Crippen molar-refractivity contribution in [1.82, 2.24) is 9.80 Å². The SMILES string of the molecule is COC(=O)[C@H](CCc1ccccc1)N1CCC(CN2CCC(Oc3ccc(Cl)c(Cl)c3)CC2)CC1. The van der Waals surface area contributed by atoms with Crippen molar-refractivity contribution in [2.45, 2.75) is 50.7 Å². The Hall–Kier alpha value is -1.79. The summed E-state index contributed by atoms with van der Waals surface area (Å²) < 4.78 is 11.3. The van der Waals surface area contributed by atoms with Crippen molar-refractivity contribution in [2.24, 2.45) is 5.92 Å². The molecule has 2 saturated heterocycles. The largest absolute Gasteiger partial charge is 0.490 e. The van der Waals surface area contributed by atoms with Crippen LogP contribution in [0.1, 0.15) is 37.7 Å². The smallest absolute Gasteiger partial charge is 0.323 e. The van der Waals surface area contributed by atoms with E-state index in [4.69, 9.17) is 32.7 Å². The zero-order valence-corrected chi connectivity index (χ0v) is 22.0. The molecule has 1 atom stereocenters. The summed E-state index contributed by atoms with van der Waals surface area (Å²) in [5.74, 6) is 1.35. The van der Waals surface area contributed by atoms with Crippen LogP contribution in [-0.2, 0) is 16.0 Å². The maximum Gasteiger partial charge on any atom is 0.323 e. The molecule has 2 fully saturated rings. The van der Waals surface area contributed by atoms with Gasteiger partial charge < -0.3 is 14.4 Å². The molecule has 0 bridgehead atoms. The molecule has 35 heavy (non-hydrogen) atoms. The monoisotopic (exact) mass is 518 g/mol. The first-order valence-electron chi connectivity index (χ1n) is 12.7. The Morgan fingerprint density at radius 3 is 2.34 bits per heavy atom. The number of carbonyl (C=O) groups excluding carboxylic acids is 1. The number of esters is 1. The fourth-order valence-electron chi connectivity index (χ4n) is 5.30. The molecule has 2 aliphatic heterocycles. The Bertz CT molecular complexity index is 942. The molecule has 190 valence electrons. The zero-order chi connectivity index (χ0) is 24.6. The number of benzene rings is 2. The fourth-order valence-corrected chi connectivity index (χ4v) is 5.59. The third-order valence-corrected chi connectivity index (χ3v) is 8.10. The van der Waals surface area contributed by atoms with Gasteiger partial charge >= 0.3 is 5.97 Å². The third-order valence-electron chi connectivity index (χ3n) is 7.36.